The summed E-state index contributed by atoms with van der Waals surface area (Å²) in [6, 6.07) is 7.38. The molecule has 1 aromatic heterocycles. The average molecular weight is 321 g/mol. The Balaban J connectivity index is 0.00000176. The first-order valence-corrected chi connectivity index (χ1v) is 7.50. The minimum Gasteiger partial charge on any atom is -0.493 e. The molecule has 4 nitrogen and oxygen atoms in total. The third-order valence-electron chi connectivity index (χ3n) is 4.06. The predicted octanol–water partition coefficient (Wildman–Crippen LogP) is 3.92. The fourth-order valence-corrected chi connectivity index (χ4v) is 2.88. The summed E-state index contributed by atoms with van der Waals surface area (Å²) in [7, 11) is 0. The van der Waals surface area contributed by atoms with Crippen LogP contribution in [-0.2, 0) is 6.42 Å². The van der Waals surface area contributed by atoms with Crippen molar-refractivity contribution in [2.24, 2.45) is 0 Å². The maximum atomic E-state index is 11.4. The van der Waals surface area contributed by atoms with Crippen molar-refractivity contribution in [3.05, 3.63) is 47.5 Å². The second-order valence-electron chi connectivity index (χ2n) is 5.60. The smallest absolute Gasteiger partial charge is 0.159 e. The van der Waals surface area contributed by atoms with Gasteiger partial charge in [-0.25, -0.2) is 4.98 Å². The number of nitrogens with one attached hydrogen (secondary N) is 1. The van der Waals surface area contributed by atoms with Crippen LogP contribution in [0.25, 0.3) is 0 Å². The van der Waals surface area contributed by atoms with E-state index in [0.717, 1.165) is 24.3 Å². The first-order chi connectivity index (χ1) is 10.2. The molecule has 1 aliphatic rings. The number of ether oxygens (including phenoxy) is 1. The van der Waals surface area contributed by atoms with Crippen LogP contribution in [0.5, 0.6) is 5.75 Å². The number of carbonyl (C=O) groups is 1. The summed E-state index contributed by atoms with van der Waals surface area (Å²) in [4.78, 5) is 19.1. The van der Waals surface area contributed by atoms with Crippen molar-refractivity contribution < 1.29 is 9.53 Å². The van der Waals surface area contributed by atoms with Crippen LogP contribution < -0.4 is 4.74 Å². The fourth-order valence-electron chi connectivity index (χ4n) is 2.88. The first-order valence-electron chi connectivity index (χ1n) is 7.50. The highest BCUT2D eigenvalue weighted by atomic mass is 35.5. The van der Waals surface area contributed by atoms with Crippen molar-refractivity contribution in [2.45, 2.75) is 38.5 Å². The van der Waals surface area contributed by atoms with Crippen molar-refractivity contribution in [1.29, 1.82) is 0 Å². The molecule has 0 saturated carbocycles. The first kappa shape index (κ1) is 16.6. The van der Waals surface area contributed by atoms with Crippen LogP contribution in [0.2, 0.25) is 0 Å². The van der Waals surface area contributed by atoms with Gasteiger partial charge in [-0.1, -0.05) is 18.6 Å². The van der Waals surface area contributed by atoms with E-state index in [2.05, 4.69) is 9.97 Å². The van der Waals surface area contributed by atoms with Crippen LogP contribution in [0.3, 0.4) is 0 Å². The van der Waals surface area contributed by atoms with Gasteiger partial charge in [-0.2, -0.15) is 0 Å². The minimum absolute atomic E-state index is 0. The zero-order chi connectivity index (χ0) is 14.7. The summed E-state index contributed by atoms with van der Waals surface area (Å²) in [5, 5.41) is 0. The van der Waals surface area contributed by atoms with Crippen LogP contribution >= 0.6 is 12.4 Å². The molecule has 0 aliphatic heterocycles. The molecule has 1 heterocycles. The Morgan fingerprint density at radius 1 is 1.41 bits per heavy atom. The van der Waals surface area contributed by atoms with E-state index >= 15 is 0 Å². The highest BCUT2D eigenvalue weighted by Gasteiger charge is 2.21. The molecular weight excluding hydrogens is 300 g/mol. The van der Waals surface area contributed by atoms with Gasteiger partial charge in [0, 0.05) is 17.2 Å². The molecule has 0 bridgehead atoms. The molecule has 1 aliphatic carbocycles. The molecule has 1 N–H and O–H groups in total. The van der Waals surface area contributed by atoms with E-state index in [0.29, 0.717) is 18.1 Å². The Morgan fingerprint density at radius 3 is 3.09 bits per heavy atom. The molecule has 0 spiro atoms. The number of aromatic amines is 1. The van der Waals surface area contributed by atoms with Crippen LogP contribution in [0.1, 0.15) is 53.8 Å². The average Bonchev–Trinajstić information content (AvgIpc) is 2.87. The topological polar surface area (TPSA) is 55.0 Å². The number of aryl methyl sites for hydroxylation is 1. The van der Waals surface area contributed by atoms with Gasteiger partial charge in [-0.05, 0) is 38.3 Å². The van der Waals surface area contributed by atoms with E-state index < -0.39 is 0 Å². The number of Topliss-reactive ketones (excluding diaryl/α,β-unsaturated/α-hetero) is 1. The van der Waals surface area contributed by atoms with E-state index in [4.69, 9.17) is 4.74 Å². The molecule has 1 unspecified atom stereocenters. The number of halogens is 1. The zero-order valence-electron chi connectivity index (χ0n) is 12.7. The van der Waals surface area contributed by atoms with Gasteiger partial charge in [-0.3, -0.25) is 4.79 Å². The number of fused-ring (bicyclic) bond motifs is 1. The molecule has 3 rings (SSSR count). The van der Waals surface area contributed by atoms with Gasteiger partial charge >= 0.3 is 0 Å². The summed E-state index contributed by atoms with van der Waals surface area (Å²) in [5.74, 6) is 1.14. The van der Waals surface area contributed by atoms with Crippen LogP contribution in [-0.4, -0.2) is 22.4 Å². The predicted molar refractivity (Wildman–Crippen MR) is 88.1 cm³/mol. The second-order valence-corrected chi connectivity index (χ2v) is 5.60. The summed E-state index contributed by atoms with van der Waals surface area (Å²) in [6.45, 7) is 2.18. The highest BCUT2D eigenvalue weighted by Crippen LogP contribution is 2.29. The van der Waals surface area contributed by atoms with E-state index in [1.807, 2.05) is 24.3 Å². The molecule has 118 valence electrons. The molecule has 0 saturated heterocycles. The Bertz CT molecular complexity index is 639. The molecule has 2 aromatic rings. The number of hydrogen-bond donors (Lipinski definition) is 1. The number of aromatic nitrogens is 2. The number of benzene rings is 1. The number of ketones is 1. The normalized spacial score (nSPS) is 17.0. The van der Waals surface area contributed by atoms with E-state index in [9.17, 15) is 4.79 Å². The number of hydrogen-bond acceptors (Lipinski definition) is 3. The van der Waals surface area contributed by atoms with Crippen LogP contribution in [0, 0.1) is 0 Å². The lowest BCUT2D eigenvalue weighted by Crippen LogP contribution is -2.11. The highest BCUT2D eigenvalue weighted by molar-refractivity contribution is 5.94. The molecule has 22 heavy (non-hydrogen) atoms. The number of nitrogens with zero attached hydrogens (tertiary/aromatic N) is 1. The van der Waals surface area contributed by atoms with Crippen molar-refractivity contribution >= 4 is 18.2 Å². The number of H-pyrrole nitrogens is 1. The maximum absolute atomic E-state index is 11.4. The van der Waals surface area contributed by atoms with Gasteiger partial charge in [0.2, 0.25) is 0 Å². The monoisotopic (exact) mass is 320 g/mol. The number of rotatable bonds is 4. The second kappa shape index (κ2) is 7.45. The summed E-state index contributed by atoms with van der Waals surface area (Å²) in [5.41, 5.74) is 3.09. The van der Waals surface area contributed by atoms with Crippen LogP contribution in [0.15, 0.2) is 30.6 Å². The molecule has 1 aromatic carbocycles. The molecule has 0 radical (unpaired) electrons. The van der Waals surface area contributed by atoms with Crippen molar-refractivity contribution in [1.82, 2.24) is 9.97 Å². The largest absolute Gasteiger partial charge is 0.493 e. The van der Waals surface area contributed by atoms with Gasteiger partial charge < -0.3 is 9.72 Å². The SMILES string of the molecule is CC(=O)c1cccc(OCC2CCCCc3[nH]cnc32)c1.Cl. The lowest BCUT2D eigenvalue weighted by atomic mass is 10.0. The van der Waals surface area contributed by atoms with Crippen molar-refractivity contribution in [2.75, 3.05) is 6.61 Å². The lowest BCUT2D eigenvalue weighted by molar-refractivity contribution is 0.101. The minimum atomic E-state index is 0. The Hall–Kier alpha value is -1.81. The van der Waals surface area contributed by atoms with Crippen molar-refractivity contribution in [3.8, 4) is 5.75 Å². The van der Waals surface area contributed by atoms with Gasteiger partial charge in [0.05, 0.1) is 18.6 Å². The summed E-state index contributed by atoms with van der Waals surface area (Å²) < 4.78 is 5.91. The Kier molecular flexibility index (Phi) is 5.61. The Labute approximate surface area is 136 Å². The van der Waals surface area contributed by atoms with Crippen LogP contribution in [0.4, 0.5) is 0 Å². The molecule has 0 fully saturated rings. The van der Waals surface area contributed by atoms with Gasteiger partial charge in [-0.15, -0.1) is 12.4 Å². The zero-order valence-corrected chi connectivity index (χ0v) is 13.5. The number of imidazole rings is 1. The lowest BCUT2D eigenvalue weighted by Gasteiger charge is -2.15. The Morgan fingerprint density at radius 2 is 2.27 bits per heavy atom. The molecule has 5 heteroatoms. The van der Waals surface area contributed by atoms with Gasteiger partial charge in [0.25, 0.3) is 0 Å². The van der Waals surface area contributed by atoms with E-state index in [1.165, 1.54) is 18.5 Å². The maximum Gasteiger partial charge on any atom is 0.159 e. The molecule has 0 amide bonds. The number of carbonyl (C=O) groups excluding carboxylic acids is 1. The third-order valence-corrected chi connectivity index (χ3v) is 4.06. The third kappa shape index (κ3) is 3.69. The quantitative estimate of drug-likeness (QED) is 0.686. The summed E-state index contributed by atoms with van der Waals surface area (Å²) in [6.07, 6.45) is 6.35. The molecule has 1 atom stereocenters. The molecular formula is C17H21ClN2O2. The van der Waals surface area contributed by atoms with Crippen molar-refractivity contribution in [3.63, 3.8) is 0 Å². The van der Waals surface area contributed by atoms with E-state index in [1.54, 1.807) is 13.3 Å². The fraction of sp³-hybridized carbons (Fsp3) is 0.412. The van der Waals surface area contributed by atoms with Gasteiger partial charge in [0.1, 0.15) is 5.75 Å². The summed E-state index contributed by atoms with van der Waals surface area (Å²) >= 11 is 0. The standard InChI is InChI=1S/C17H20N2O2.ClH/c1-12(20)13-6-4-7-15(9-13)21-10-14-5-2-3-8-16-17(14)19-11-18-16;/h4,6-7,9,11,14H,2-3,5,8,10H2,1H3,(H,18,19);1H. The van der Waals surface area contributed by atoms with E-state index in [-0.39, 0.29) is 18.2 Å². The van der Waals surface area contributed by atoms with Gasteiger partial charge in [0.15, 0.2) is 5.78 Å².